The van der Waals surface area contributed by atoms with Crippen LogP contribution in [0.15, 0.2) is 24.3 Å². The molecule has 1 aliphatic carbocycles. The Kier molecular flexibility index (Phi) is 3.91. The van der Waals surface area contributed by atoms with E-state index in [0.29, 0.717) is 24.1 Å². The number of nitrogens with two attached hydrogens (primary N) is 1. The Morgan fingerprint density at radius 2 is 2.06 bits per heavy atom. The molecule has 3 N–H and O–H groups in total. The van der Waals surface area contributed by atoms with Crippen molar-refractivity contribution < 1.29 is 4.39 Å². The Morgan fingerprint density at radius 1 is 1.33 bits per heavy atom. The van der Waals surface area contributed by atoms with Crippen LogP contribution in [0.1, 0.15) is 33.1 Å². The van der Waals surface area contributed by atoms with Crippen LogP contribution in [0.4, 0.5) is 10.1 Å². The quantitative estimate of drug-likeness (QED) is 0.863. The zero-order valence-electron chi connectivity index (χ0n) is 11.2. The van der Waals surface area contributed by atoms with Gasteiger partial charge < -0.3 is 11.1 Å². The molecule has 0 aromatic heterocycles. The maximum Gasteiger partial charge on any atom is 0.146 e. The van der Waals surface area contributed by atoms with Crippen LogP contribution in [0, 0.1) is 17.7 Å². The Balaban J connectivity index is 2.24. The van der Waals surface area contributed by atoms with E-state index in [2.05, 4.69) is 19.2 Å². The van der Waals surface area contributed by atoms with E-state index in [9.17, 15) is 4.39 Å². The molecule has 0 radical (unpaired) electrons. The van der Waals surface area contributed by atoms with Crippen LogP contribution in [0.25, 0.3) is 0 Å². The molecule has 0 amide bonds. The normalized spacial score (nSPS) is 32.2. The number of anilines is 1. The van der Waals surface area contributed by atoms with Crippen LogP contribution in [0.3, 0.4) is 0 Å². The largest absolute Gasteiger partial charge is 0.376 e. The van der Waals surface area contributed by atoms with Crippen LogP contribution in [0.2, 0.25) is 0 Å². The summed E-state index contributed by atoms with van der Waals surface area (Å²) in [7, 11) is 0. The molecule has 3 unspecified atom stereocenters. The Bertz CT molecular complexity index is 407. The molecule has 3 heteroatoms. The van der Waals surface area contributed by atoms with Crippen LogP contribution in [-0.4, -0.2) is 12.1 Å². The van der Waals surface area contributed by atoms with Crippen molar-refractivity contribution in [2.45, 2.75) is 38.6 Å². The van der Waals surface area contributed by atoms with Gasteiger partial charge in [0.2, 0.25) is 0 Å². The smallest absolute Gasteiger partial charge is 0.146 e. The van der Waals surface area contributed by atoms with Gasteiger partial charge in [-0.05, 0) is 36.8 Å². The highest BCUT2D eigenvalue weighted by atomic mass is 19.1. The minimum atomic E-state index is -0.198. The van der Waals surface area contributed by atoms with Crippen LogP contribution >= 0.6 is 0 Å². The number of para-hydroxylation sites is 1. The predicted octanol–water partition coefficient (Wildman–Crippen LogP) is 3.39. The van der Waals surface area contributed by atoms with E-state index in [-0.39, 0.29) is 11.4 Å². The highest BCUT2D eigenvalue weighted by Gasteiger charge is 2.39. The Hall–Kier alpha value is -1.09. The Labute approximate surface area is 109 Å². The molecule has 0 heterocycles. The van der Waals surface area contributed by atoms with Gasteiger partial charge in [-0.1, -0.05) is 32.4 Å². The zero-order chi connectivity index (χ0) is 13.2. The van der Waals surface area contributed by atoms with Gasteiger partial charge in [0.15, 0.2) is 0 Å². The lowest BCUT2D eigenvalue weighted by molar-refractivity contribution is 0.187. The van der Waals surface area contributed by atoms with Crippen LogP contribution in [-0.2, 0) is 0 Å². The molecule has 0 saturated heterocycles. The molecule has 0 spiro atoms. The van der Waals surface area contributed by atoms with Crippen molar-refractivity contribution in [3.63, 3.8) is 0 Å². The molecule has 1 aliphatic rings. The minimum absolute atomic E-state index is 0.167. The number of hydrogen-bond donors (Lipinski definition) is 2. The Morgan fingerprint density at radius 3 is 2.72 bits per heavy atom. The van der Waals surface area contributed by atoms with Crippen molar-refractivity contribution in [2.75, 3.05) is 11.9 Å². The van der Waals surface area contributed by atoms with Crippen molar-refractivity contribution in [1.29, 1.82) is 0 Å². The number of benzene rings is 1. The van der Waals surface area contributed by atoms with E-state index < -0.39 is 0 Å². The van der Waals surface area contributed by atoms with Crippen molar-refractivity contribution >= 4 is 5.69 Å². The predicted molar refractivity (Wildman–Crippen MR) is 74.0 cm³/mol. The molecule has 1 aromatic rings. The number of halogens is 1. The minimum Gasteiger partial charge on any atom is -0.376 e. The van der Waals surface area contributed by atoms with E-state index in [4.69, 9.17) is 5.73 Å². The summed E-state index contributed by atoms with van der Waals surface area (Å²) < 4.78 is 13.8. The number of hydrogen-bond acceptors (Lipinski definition) is 2. The summed E-state index contributed by atoms with van der Waals surface area (Å²) in [5, 5.41) is 3.39. The first-order chi connectivity index (χ1) is 8.57. The fraction of sp³-hybridized carbons (Fsp3) is 0.600. The maximum absolute atomic E-state index is 13.8. The lowest BCUT2D eigenvalue weighted by Gasteiger charge is -2.45. The second-order valence-electron chi connectivity index (χ2n) is 5.75. The first-order valence-corrected chi connectivity index (χ1v) is 6.80. The van der Waals surface area contributed by atoms with E-state index in [1.165, 1.54) is 12.5 Å². The van der Waals surface area contributed by atoms with Gasteiger partial charge in [0.25, 0.3) is 0 Å². The maximum atomic E-state index is 13.8. The lowest BCUT2D eigenvalue weighted by Crippen LogP contribution is -2.54. The summed E-state index contributed by atoms with van der Waals surface area (Å²) in [6, 6.07) is 6.84. The van der Waals surface area contributed by atoms with Gasteiger partial charge in [-0.25, -0.2) is 4.39 Å². The van der Waals surface area contributed by atoms with Crippen molar-refractivity contribution in [1.82, 2.24) is 0 Å². The molecular formula is C15H23FN2. The first kappa shape index (κ1) is 13.3. The molecule has 1 aromatic carbocycles. The van der Waals surface area contributed by atoms with E-state index in [1.807, 2.05) is 6.07 Å². The molecule has 0 bridgehead atoms. The third kappa shape index (κ3) is 2.51. The summed E-state index contributed by atoms with van der Waals surface area (Å²) in [6.45, 7) is 5.01. The van der Waals surface area contributed by atoms with Gasteiger partial charge in [0, 0.05) is 6.54 Å². The number of rotatable bonds is 3. The average Bonchev–Trinajstić information content (AvgIpc) is 2.36. The zero-order valence-corrected chi connectivity index (χ0v) is 11.2. The summed E-state index contributed by atoms with van der Waals surface area (Å²) in [5.74, 6) is 0.915. The summed E-state index contributed by atoms with van der Waals surface area (Å²) in [4.78, 5) is 0. The van der Waals surface area contributed by atoms with Crippen molar-refractivity contribution in [2.24, 2.45) is 17.6 Å². The van der Waals surface area contributed by atoms with Gasteiger partial charge in [-0.2, -0.15) is 0 Å². The standard InChI is InChI=1S/C15H23FN2/c1-11-7-8-12(2)15(9-11,10-17)18-14-6-4-3-5-13(14)16/h3-6,11-12,18H,7-10,17H2,1-2H3. The molecule has 3 atom stereocenters. The van der Waals surface area contributed by atoms with Crippen molar-refractivity contribution in [3.8, 4) is 0 Å². The van der Waals surface area contributed by atoms with Gasteiger partial charge >= 0.3 is 0 Å². The van der Waals surface area contributed by atoms with Gasteiger partial charge in [-0.3, -0.25) is 0 Å². The summed E-state index contributed by atoms with van der Waals surface area (Å²) in [5.41, 5.74) is 6.41. The molecule has 100 valence electrons. The van der Waals surface area contributed by atoms with E-state index >= 15 is 0 Å². The second-order valence-corrected chi connectivity index (χ2v) is 5.75. The monoisotopic (exact) mass is 250 g/mol. The molecular weight excluding hydrogens is 227 g/mol. The summed E-state index contributed by atoms with van der Waals surface area (Å²) >= 11 is 0. The molecule has 0 aliphatic heterocycles. The SMILES string of the molecule is CC1CCC(C)C(CN)(Nc2ccccc2F)C1. The second kappa shape index (κ2) is 5.27. The highest BCUT2D eigenvalue weighted by Crippen LogP contribution is 2.39. The third-order valence-electron chi connectivity index (χ3n) is 4.37. The van der Waals surface area contributed by atoms with Gasteiger partial charge in [0.05, 0.1) is 11.2 Å². The average molecular weight is 250 g/mol. The van der Waals surface area contributed by atoms with Crippen molar-refractivity contribution in [3.05, 3.63) is 30.1 Å². The lowest BCUT2D eigenvalue weighted by atomic mass is 9.69. The molecule has 2 nitrogen and oxygen atoms in total. The van der Waals surface area contributed by atoms with E-state index in [0.717, 1.165) is 12.8 Å². The topological polar surface area (TPSA) is 38.0 Å². The number of nitrogens with one attached hydrogen (secondary N) is 1. The molecule has 18 heavy (non-hydrogen) atoms. The highest BCUT2D eigenvalue weighted by molar-refractivity contribution is 5.47. The first-order valence-electron chi connectivity index (χ1n) is 6.80. The fourth-order valence-corrected chi connectivity index (χ4v) is 3.08. The fourth-order valence-electron chi connectivity index (χ4n) is 3.08. The molecule has 2 rings (SSSR count). The van der Waals surface area contributed by atoms with Crippen LogP contribution in [0.5, 0.6) is 0 Å². The molecule has 1 saturated carbocycles. The third-order valence-corrected chi connectivity index (χ3v) is 4.37. The van der Waals surface area contributed by atoms with Crippen LogP contribution < -0.4 is 11.1 Å². The molecule has 1 fully saturated rings. The van der Waals surface area contributed by atoms with Gasteiger partial charge in [-0.15, -0.1) is 0 Å². The summed E-state index contributed by atoms with van der Waals surface area (Å²) in [6.07, 6.45) is 3.40. The van der Waals surface area contributed by atoms with Gasteiger partial charge in [0.1, 0.15) is 5.82 Å². The van der Waals surface area contributed by atoms with E-state index in [1.54, 1.807) is 12.1 Å².